The standard InChI is InChI=1S/C15H28O4Si/c1-11(10-20(5,6)7)12(8-14(16)17-4)13-9-18-15(2,3)19-13/h12-13H,1,8-10H2,2-7H3/t12-,13-/m1/s1. The summed E-state index contributed by atoms with van der Waals surface area (Å²) in [7, 11) is 0.134. The first-order valence-corrected chi connectivity index (χ1v) is 10.8. The van der Waals surface area contributed by atoms with Crippen molar-refractivity contribution in [3.8, 4) is 0 Å². The summed E-state index contributed by atoms with van der Waals surface area (Å²) in [6.45, 7) is 15.4. The van der Waals surface area contributed by atoms with Gasteiger partial charge in [-0.25, -0.2) is 0 Å². The molecular formula is C15H28O4Si. The van der Waals surface area contributed by atoms with Gasteiger partial charge in [-0.05, 0) is 19.9 Å². The predicted octanol–water partition coefficient (Wildman–Crippen LogP) is 3.21. The van der Waals surface area contributed by atoms with Crippen LogP contribution in [-0.4, -0.2) is 39.7 Å². The Kier molecular flexibility index (Phi) is 5.58. The first-order valence-electron chi connectivity index (χ1n) is 7.10. The van der Waals surface area contributed by atoms with E-state index in [0.29, 0.717) is 13.0 Å². The summed E-state index contributed by atoms with van der Waals surface area (Å²) in [4.78, 5) is 11.7. The molecule has 0 radical (unpaired) electrons. The van der Waals surface area contributed by atoms with E-state index in [1.807, 2.05) is 13.8 Å². The summed E-state index contributed by atoms with van der Waals surface area (Å²) >= 11 is 0. The normalized spacial score (nSPS) is 23.4. The highest BCUT2D eigenvalue weighted by atomic mass is 28.3. The minimum atomic E-state index is -1.28. The zero-order valence-electron chi connectivity index (χ0n) is 13.6. The van der Waals surface area contributed by atoms with Gasteiger partial charge in [0.15, 0.2) is 5.79 Å². The molecule has 4 nitrogen and oxygen atoms in total. The lowest BCUT2D eigenvalue weighted by Gasteiger charge is -2.28. The molecular weight excluding hydrogens is 272 g/mol. The Morgan fingerprint density at radius 1 is 1.45 bits per heavy atom. The zero-order valence-corrected chi connectivity index (χ0v) is 14.6. The van der Waals surface area contributed by atoms with Crippen molar-refractivity contribution in [2.24, 2.45) is 5.92 Å². The zero-order chi connectivity index (χ0) is 15.6. The van der Waals surface area contributed by atoms with Crippen molar-refractivity contribution >= 4 is 14.0 Å². The van der Waals surface area contributed by atoms with E-state index in [9.17, 15) is 4.79 Å². The molecule has 1 rings (SSSR count). The molecule has 0 saturated carbocycles. The molecule has 0 N–H and O–H groups in total. The van der Waals surface area contributed by atoms with Gasteiger partial charge in [-0.1, -0.05) is 31.8 Å². The van der Waals surface area contributed by atoms with Crippen LogP contribution in [0.15, 0.2) is 12.2 Å². The monoisotopic (exact) mass is 300 g/mol. The fraction of sp³-hybridized carbons (Fsp3) is 0.800. The Morgan fingerprint density at radius 3 is 2.45 bits per heavy atom. The van der Waals surface area contributed by atoms with Gasteiger partial charge in [-0.3, -0.25) is 4.79 Å². The Balaban J connectivity index is 2.80. The average Bonchev–Trinajstić information content (AvgIpc) is 2.63. The molecule has 0 aromatic rings. The smallest absolute Gasteiger partial charge is 0.306 e. The molecule has 0 aromatic carbocycles. The third kappa shape index (κ3) is 5.38. The highest BCUT2D eigenvalue weighted by Crippen LogP contribution is 2.34. The molecule has 1 heterocycles. The SMILES string of the molecule is C=C(C[Si](C)(C)C)[C@@H](CC(=O)OC)[C@H]1COC(C)(C)O1. The molecule has 20 heavy (non-hydrogen) atoms. The first-order chi connectivity index (χ1) is 9.04. The Morgan fingerprint density at radius 2 is 2.05 bits per heavy atom. The number of ether oxygens (including phenoxy) is 3. The van der Waals surface area contributed by atoms with E-state index in [0.717, 1.165) is 11.6 Å². The van der Waals surface area contributed by atoms with Crippen LogP contribution >= 0.6 is 0 Å². The molecule has 1 saturated heterocycles. The number of methoxy groups -OCH3 is 1. The van der Waals surface area contributed by atoms with E-state index in [1.165, 1.54) is 7.11 Å². The van der Waals surface area contributed by atoms with Gasteiger partial charge in [0.2, 0.25) is 0 Å². The highest BCUT2D eigenvalue weighted by Gasteiger charge is 2.39. The van der Waals surface area contributed by atoms with Crippen molar-refractivity contribution in [1.29, 1.82) is 0 Å². The van der Waals surface area contributed by atoms with E-state index in [-0.39, 0.29) is 18.0 Å². The van der Waals surface area contributed by atoms with E-state index >= 15 is 0 Å². The summed E-state index contributed by atoms with van der Waals surface area (Å²) in [6, 6.07) is 0.981. The summed E-state index contributed by atoms with van der Waals surface area (Å²) in [6.07, 6.45) is 0.192. The van der Waals surface area contributed by atoms with Crippen molar-refractivity contribution in [2.75, 3.05) is 13.7 Å². The number of carbonyl (C=O) groups excluding carboxylic acids is 1. The summed E-state index contributed by atoms with van der Waals surface area (Å²) in [5.74, 6) is -0.839. The van der Waals surface area contributed by atoms with Crippen LogP contribution in [0.4, 0.5) is 0 Å². The molecule has 0 amide bonds. The fourth-order valence-corrected chi connectivity index (χ4v) is 4.15. The summed E-state index contributed by atoms with van der Waals surface area (Å²) in [5.41, 5.74) is 1.08. The highest BCUT2D eigenvalue weighted by molar-refractivity contribution is 6.76. The van der Waals surface area contributed by atoms with Crippen LogP contribution in [0, 0.1) is 5.92 Å². The van der Waals surface area contributed by atoms with E-state index in [4.69, 9.17) is 14.2 Å². The minimum absolute atomic E-state index is 0.0315. The van der Waals surface area contributed by atoms with Gasteiger partial charge in [-0.2, -0.15) is 0 Å². The maximum atomic E-state index is 11.7. The molecule has 5 heteroatoms. The van der Waals surface area contributed by atoms with E-state index in [2.05, 4.69) is 26.2 Å². The topological polar surface area (TPSA) is 44.8 Å². The first kappa shape index (κ1) is 17.4. The molecule has 1 fully saturated rings. The number of esters is 1. The fourth-order valence-electron chi connectivity index (χ4n) is 2.53. The quantitative estimate of drug-likeness (QED) is 0.429. The Hall–Kier alpha value is -0.653. The van der Waals surface area contributed by atoms with E-state index in [1.54, 1.807) is 0 Å². The van der Waals surface area contributed by atoms with Gasteiger partial charge in [-0.15, -0.1) is 0 Å². The third-order valence-electron chi connectivity index (χ3n) is 3.38. The van der Waals surface area contributed by atoms with E-state index < -0.39 is 13.9 Å². The molecule has 116 valence electrons. The molecule has 1 aliphatic rings. The minimum Gasteiger partial charge on any atom is -0.469 e. The molecule has 0 spiro atoms. The summed E-state index contributed by atoms with van der Waals surface area (Å²) in [5, 5.41) is 0. The van der Waals surface area contributed by atoms with Crippen molar-refractivity contribution in [3.63, 3.8) is 0 Å². The predicted molar refractivity (Wildman–Crippen MR) is 82.3 cm³/mol. The number of rotatable bonds is 6. The average molecular weight is 300 g/mol. The number of carbonyl (C=O) groups is 1. The van der Waals surface area contributed by atoms with Gasteiger partial charge in [0.05, 0.1) is 26.2 Å². The Bertz CT molecular complexity index is 371. The lowest BCUT2D eigenvalue weighted by Crippen LogP contribution is -2.32. The van der Waals surface area contributed by atoms with Crippen molar-refractivity contribution < 1.29 is 19.0 Å². The van der Waals surface area contributed by atoms with Crippen LogP contribution in [0.25, 0.3) is 0 Å². The molecule has 2 atom stereocenters. The van der Waals surface area contributed by atoms with Crippen LogP contribution in [0.2, 0.25) is 25.7 Å². The van der Waals surface area contributed by atoms with Crippen molar-refractivity contribution in [3.05, 3.63) is 12.2 Å². The number of hydrogen-bond acceptors (Lipinski definition) is 4. The third-order valence-corrected chi connectivity index (χ3v) is 4.89. The number of hydrogen-bond donors (Lipinski definition) is 0. The second-order valence-corrected chi connectivity index (χ2v) is 12.6. The molecule has 0 unspecified atom stereocenters. The second kappa shape index (κ2) is 6.41. The Labute approximate surface area is 123 Å². The van der Waals surface area contributed by atoms with Crippen molar-refractivity contribution in [1.82, 2.24) is 0 Å². The van der Waals surface area contributed by atoms with Crippen molar-refractivity contribution in [2.45, 2.75) is 57.8 Å². The lowest BCUT2D eigenvalue weighted by molar-refractivity contribution is -0.150. The van der Waals surface area contributed by atoms with Crippen LogP contribution in [0.3, 0.4) is 0 Å². The van der Waals surface area contributed by atoms with Gasteiger partial charge in [0, 0.05) is 14.0 Å². The maximum absolute atomic E-state index is 11.7. The molecule has 0 bridgehead atoms. The maximum Gasteiger partial charge on any atom is 0.306 e. The van der Waals surface area contributed by atoms with Crippen LogP contribution in [0.1, 0.15) is 20.3 Å². The molecule has 0 aliphatic carbocycles. The second-order valence-electron chi connectivity index (χ2n) is 7.15. The largest absolute Gasteiger partial charge is 0.469 e. The van der Waals surface area contributed by atoms with Crippen LogP contribution in [-0.2, 0) is 19.0 Å². The van der Waals surface area contributed by atoms with Gasteiger partial charge in [0.25, 0.3) is 0 Å². The van der Waals surface area contributed by atoms with Gasteiger partial charge >= 0.3 is 5.97 Å². The lowest BCUT2D eigenvalue weighted by atomic mass is 9.92. The summed E-state index contributed by atoms with van der Waals surface area (Å²) < 4.78 is 16.3. The molecule has 0 aromatic heterocycles. The van der Waals surface area contributed by atoms with Gasteiger partial charge in [0.1, 0.15) is 0 Å². The van der Waals surface area contributed by atoms with Crippen LogP contribution in [0.5, 0.6) is 0 Å². The van der Waals surface area contributed by atoms with Crippen LogP contribution < -0.4 is 0 Å². The van der Waals surface area contributed by atoms with Gasteiger partial charge < -0.3 is 14.2 Å². The molecule has 1 aliphatic heterocycles.